The Bertz CT molecular complexity index is 546. The molecule has 0 fully saturated rings. The van der Waals surface area contributed by atoms with Gasteiger partial charge in [0.2, 0.25) is 0 Å². The second kappa shape index (κ2) is 5.14. The van der Waals surface area contributed by atoms with Crippen molar-refractivity contribution in [2.24, 2.45) is 5.73 Å². The normalized spacial score (nSPS) is 10.1. The number of aromatic nitrogens is 1. The maximum atomic E-state index is 5.82. The number of aryl methyl sites for hydroxylation is 2. The van der Waals surface area contributed by atoms with Gasteiger partial charge in [0.05, 0.1) is 5.69 Å². The van der Waals surface area contributed by atoms with E-state index in [1.54, 1.807) is 11.1 Å². The number of nitrogens with zero attached hydrogens (tertiary/aromatic N) is 2. The molecule has 0 aliphatic carbocycles. The van der Waals surface area contributed by atoms with Crippen LogP contribution in [0.3, 0.4) is 0 Å². The van der Waals surface area contributed by atoms with Crippen molar-refractivity contribution in [3.8, 4) is 0 Å². The van der Waals surface area contributed by atoms with Crippen LogP contribution in [0.15, 0.2) is 42.6 Å². The van der Waals surface area contributed by atoms with Crippen LogP contribution in [-0.4, -0.2) is 10.1 Å². The van der Waals surface area contributed by atoms with Crippen LogP contribution in [0, 0.1) is 13.8 Å². The van der Waals surface area contributed by atoms with Gasteiger partial charge in [-0.1, -0.05) is 12.1 Å². The van der Waals surface area contributed by atoms with Crippen LogP contribution in [0.4, 0.5) is 11.5 Å². The standard InChI is InChI=1S/C14H15N3S/c1-10-7-11(2)9-12(8-10)17(14(15)18)13-5-3-4-6-16-13/h3-9H,1-2H3,(H2,15,18). The predicted octanol–water partition coefficient (Wildman–Crippen LogP) is 3.08. The van der Waals surface area contributed by atoms with Crippen LogP contribution in [-0.2, 0) is 0 Å². The molecule has 0 amide bonds. The zero-order chi connectivity index (χ0) is 13.1. The van der Waals surface area contributed by atoms with E-state index >= 15 is 0 Å². The lowest BCUT2D eigenvalue weighted by Crippen LogP contribution is -2.31. The molecule has 2 aromatic rings. The van der Waals surface area contributed by atoms with Gasteiger partial charge in [-0.2, -0.15) is 0 Å². The Morgan fingerprint density at radius 1 is 1.17 bits per heavy atom. The van der Waals surface area contributed by atoms with Crippen molar-refractivity contribution >= 4 is 28.8 Å². The number of thiocarbonyl (C=S) groups is 1. The molecule has 2 rings (SSSR count). The molecule has 18 heavy (non-hydrogen) atoms. The molecule has 3 nitrogen and oxygen atoms in total. The number of rotatable bonds is 2. The second-order valence-electron chi connectivity index (χ2n) is 4.21. The second-order valence-corrected chi connectivity index (χ2v) is 4.63. The summed E-state index contributed by atoms with van der Waals surface area (Å²) < 4.78 is 0. The molecule has 0 atom stereocenters. The zero-order valence-corrected chi connectivity index (χ0v) is 11.2. The number of hydrogen-bond donors (Lipinski definition) is 1. The largest absolute Gasteiger partial charge is 0.376 e. The number of pyridine rings is 1. The van der Waals surface area contributed by atoms with Crippen molar-refractivity contribution < 1.29 is 0 Å². The fourth-order valence-electron chi connectivity index (χ4n) is 1.94. The maximum absolute atomic E-state index is 5.82. The highest BCUT2D eigenvalue weighted by molar-refractivity contribution is 7.80. The molecular formula is C14H15N3S. The Morgan fingerprint density at radius 2 is 1.83 bits per heavy atom. The molecular weight excluding hydrogens is 242 g/mol. The molecule has 0 aliphatic heterocycles. The summed E-state index contributed by atoms with van der Waals surface area (Å²) in [6, 6.07) is 11.9. The molecule has 0 bridgehead atoms. The molecule has 0 saturated carbocycles. The van der Waals surface area contributed by atoms with Gasteiger partial charge in [0, 0.05) is 6.20 Å². The van der Waals surface area contributed by atoms with Gasteiger partial charge in [0.1, 0.15) is 5.82 Å². The first kappa shape index (κ1) is 12.5. The van der Waals surface area contributed by atoms with E-state index in [1.807, 2.05) is 44.2 Å². The van der Waals surface area contributed by atoms with E-state index in [2.05, 4.69) is 11.1 Å². The lowest BCUT2D eigenvalue weighted by atomic mass is 10.1. The third-order valence-electron chi connectivity index (χ3n) is 2.56. The third kappa shape index (κ3) is 2.65. The van der Waals surface area contributed by atoms with E-state index in [-0.39, 0.29) is 0 Å². The van der Waals surface area contributed by atoms with Crippen LogP contribution in [0.1, 0.15) is 11.1 Å². The van der Waals surface area contributed by atoms with Crippen molar-refractivity contribution in [3.05, 3.63) is 53.7 Å². The molecule has 1 aromatic heterocycles. The number of hydrogen-bond acceptors (Lipinski definition) is 2. The van der Waals surface area contributed by atoms with Crippen LogP contribution in [0.5, 0.6) is 0 Å². The topological polar surface area (TPSA) is 42.1 Å². The van der Waals surface area contributed by atoms with E-state index in [0.29, 0.717) is 5.11 Å². The lowest BCUT2D eigenvalue weighted by Gasteiger charge is -2.22. The van der Waals surface area contributed by atoms with E-state index in [0.717, 1.165) is 11.5 Å². The monoisotopic (exact) mass is 257 g/mol. The highest BCUT2D eigenvalue weighted by Gasteiger charge is 2.13. The first-order chi connectivity index (χ1) is 8.58. The van der Waals surface area contributed by atoms with Gasteiger partial charge < -0.3 is 5.73 Å². The van der Waals surface area contributed by atoms with E-state index < -0.39 is 0 Å². The lowest BCUT2D eigenvalue weighted by molar-refractivity contribution is 1.20. The summed E-state index contributed by atoms with van der Waals surface area (Å²) in [5.74, 6) is 0.731. The summed E-state index contributed by atoms with van der Waals surface area (Å²) in [5.41, 5.74) is 9.10. The van der Waals surface area contributed by atoms with Gasteiger partial charge in [-0.25, -0.2) is 4.98 Å². The van der Waals surface area contributed by atoms with Crippen molar-refractivity contribution in [2.45, 2.75) is 13.8 Å². The van der Waals surface area contributed by atoms with Gasteiger partial charge >= 0.3 is 0 Å². The Hall–Kier alpha value is -1.94. The maximum Gasteiger partial charge on any atom is 0.176 e. The molecule has 1 aromatic carbocycles. The summed E-state index contributed by atoms with van der Waals surface area (Å²) in [7, 11) is 0. The highest BCUT2D eigenvalue weighted by Crippen LogP contribution is 2.25. The summed E-state index contributed by atoms with van der Waals surface area (Å²) in [6.45, 7) is 4.10. The Kier molecular flexibility index (Phi) is 3.58. The van der Waals surface area contributed by atoms with Crippen LogP contribution >= 0.6 is 12.2 Å². The van der Waals surface area contributed by atoms with Gasteiger partial charge in [-0.05, 0) is 61.5 Å². The first-order valence-electron chi connectivity index (χ1n) is 5.67. The van der Waals surface area contributed by atoms with Gasteiger partial charge in [-0.15, -0.1) is 0 Å². The minimum absolute atomic E-state index is 0.290. The molecule has 92 valence electrons. The molecule has 1 heterocycles. The van der Waals surface area contributed by atoms with Crippen molar-refractivity contribution in [1.82, 2.24) is 4.98 Å². The van der Waals surface area contributed by atoms with E-state index in [9.17, 15) is 0 Å². The molecule has 0 radical (unpaired) electrons. The average molecular weight is 257 g/mol. The summed E-state index contributed by atoms with van der Waals surface area (Å²) >= 11 is 5.13. The van der Waals surface area contributed by atoms with Gasteiger partial charge in [0.25, 0.3) is 0 Å². The van der Waals surface area contributed by atoms with Crippen LogP contribution < -0.4 is 10.6 Å². The minimum Gasteiger partial charge on any atom is -0.376 e. The highest BCUT2D eigenvalue weighted by atomic mass is 32.1. The van der Waals surface area contributed by atoms with Crippen molar-refractivity contribution in [1.29, 1.82) is 0 Å². The van der Waals surface area contributed by atoms with Gasteiger partial charge in [-0.3, -0.25) is 4.90 Å². The molecule has 4 heteroatoms. The number of nitrogens with two attached hydrogens (primary N) is 1. The quantitative estimate of drug-likeness (QED) is 0.840. The SMILES string of the molecule is Cc1cc(C)cc(N(C(N)=S)c2ccccn2)c1. The predicted molar refractivity (Wildman–Crippen MR) is 79.1 cm³/mol. The average Bonchev–Trinajstić information content (AvgIpc) is 2.28. The molecule has 2 N–H and O–H groups in total. The molecule has 0 saturated heterocycles. The Labute approximate surface area is 112 Å². The fourth-order valence-corrected chi connectivity index (χ4v) is 2.14. The summed E-state index contributed by atoms with van der Waals surface area (Å²) in [5, 5.41) is 0.290. The molecule has 0 unspecified atom stereocenters. The first-order valence-corrected chi connectivity index (χ1v) is 6.07. The molecule has 0 aliphatic rings. The van der Waals surface area contributed by atoms with Gasteiger partial charge in [0.15, 0.2) is 5.11 Å². The van der Waals surface area contributed by atoms with Crippen LogP contribution in [0.2, 0.25) is 0 Å². The fraction of sp³-hybridized carbons (Fsp3) is 0.143. The Morgan fingerprint density at radius 3 is 2.33 bits per heavy atom. The molecule has 0 spiro atoms. The zero-order valence-electron chi connectivity index (χ0n) is 10.4. The van der Waals surface area contributed by atoms with Crippen molar-refractivity contribution in [3.63, 3.8) is 0 Å². The Balaban J connectivity index is 2.52. The smallest absolute Gasteiger partial charge is 0.176 e. The van der Waals surface area contributed by atoms with E-state index in [1.165, 1.54) is 11.1 Å². The minimum atomic E-state index is 0.290. The third-order valence-corrected chi connectivity index (χ3v) is 2.75. The number of benzene rings is 1. The summed E-state index contributed by atoms with van der Waals surface area (Å²) in [4.78, 5) is 6.07. The summed E-state index contributed by atoms with van der Waals surface area (Å²) in [6.07, 6.45) is 1.73. The van der Waals surface area contributed by atoms with E-state index in [4.69, 9.17) is 18.0 Å². The van der Waals surface area contributed by atoms with Crippen molar-refractivity contribution in [2.75, 3.05) is 4.90 Å². The van der Waals surface area contributed by atoms with Crippen LogP contribution in [0.25, 0.3) is 0 Å². The number of anilines is 2.